The van der Waals surface area contributed by atoms with Gasteiger partial charge < -0.3 is 9.88 Å². The summed E-state index contributed by atoms with van der Waals surface area (Å²) in [6, 6.07) is 16.4. The van der Waals surface area contributed by atoms with Gasteiger partial charge in [-0.15, -0.1) is 0 Å². The van der Waals surface area contributed by atoms with E-state index in [2.05, 4.69) is 20.5 Å². The Balaban J connectivity index is 1.79. The average Bonchev–Trinajstić information content (AvgIpc) is 3.27. The third-order valence-corrected chi connectivity index (χ3v) is 4.80. The van der Waals surface area contributed by atoms with Gasteiger partial charge in [0.15, 0.2) is 0 Å². The van der Waals surface area contributed by atoms with Gasteiger partial charge in [-0.2, -0.15) is 5.10 Å². The maximum Gasteiger partial charge on any atom is 0.322 e. The molecule has 4 rings (SSSR count). The molecule has 29 heavy (non-hydrogen) atoms. The first-order chi connectivity index (χ1) is 14.0. The van der Waals surface area contributed by atoms with E-state index in [1.54, 1.807) is 0 Å². The molecular weight excluding hydrogens is 372 g/mol. The molecule has 0 aliphatic rings. The molecule has 0 aliphatic carbocycles. The zero-order valence-corrected chi connectivity index (χ0v) is 15.8. The predicted molar refractivity (Wildman–Crippen MR) is 106 cm³/mol. The topological polar surface area (TPSA) is 119 Å². The molecule has 2 N–H and O–H groups in total. The number of fused-ring (bicyclic) bond motifs is 1. The molecule has 2 aromatic carbocycles. The van der Waals surface area contributed by atoms with Crippen LogP contribution in [-0.2, 0) is 7.05 Å². The van der Waals surface area contributed by atoms with Crippen molar-refractivity contribution in [2.24, 2.45) is 7.05 Å². The first-order valence-corrected chi connectivity index (χ1v) is 8.94. The monoisotopic (exact) mass is 390 g/mol. The number of hydrogen-bond acceptors (Lipinski definition) is 5. The van der Waals surface area contributed by atoms with E-state index in [9.17, 15) is 14.9 Å². The Labute approximate surface area is 165 Å². The number of nitrogens with one attached hydrogen (secondary N) is 2. The molecule has 2 aromatic heterocycles. The first kappa shape index (κ1) is 18.4. The van der Waals surface area contributed by atoms with Crippen LogP contribution >= 0.6 is 0 Å². The van der Waals surface area contributed by atoms with E-state index in [-0.39, 0.29) is 17.1 Å². The zero-order valence-electron chi connectivity index (χ0n) is 15.8. The number of para-hydroxylation sites is 2. The van der Waals surface area contributed by atoms with Crippen LogP contribution in [-0.4, -0.2) is 30.6 Å². The van der Waals surface area contributed by atoms with E-state index in [1.165, 1.54) is 6.92 Å². The van der Waals surface area contributed by atoms with E-state index < -0.39 is 16.9 Å². The van der Waals surface area contributed by atoms with E-state index in [1.807, 2.05) is 66.2 Å². The highest BCUT2D eigenvalue weighted by Gasteiger charge is 2.30. The van der Waals surface area contributed by atoms with Gasteiger partial charge in [0.1, 0.15) is 17.6 Å². The number of aryl methyl sites for hydroxylation is 2. The highest BCUT2D eigenvalue weighted by Crippen LogP contribution is 2.27. The minimum atomic E-state index is -0.651. The van der Waals surface area contributed by atoms with E-state index in [0.717, 1.165) is 16.6 Å². The van der Waals surface area contributed by atoms with Crippen LogP contribution < -0.4 is 5.32 Å². The van der Waals surface area contributed by atoms with Gasteiger partial charge in [0.05, 0.1) is 16.0 Å². The van der Waals surface area contributed by atoms with Crippen LogP contribution in [0.4, 0.5) is 5.69 Å². The van der Waals surface area contributed by atoms with Crippen molar-refractivity contribution in [1.82, 2.24) is 25.1 Å². The summed E-state index contributed by atoms with van der Waals surface area (Å²) >= 11 is 0. The Bertz CT molecular complexity index is 1210. The van der Waals surface area contributed by atoms with Crippen molar-refractivity contribution in [3.63, 3.8) is 0 Å². The zero-order chi connectivity index (χ0) is 20.5. The van der Waals surface area contributed by atoms with E-state index in [0.29, 0.717) is 5.82 Å². The summed E-state index contributed by atoms with van der Waals surface area (Å²) in [5, 5.41) is 20.6. The van der Waals surface area contributed by atoms with Crippen LogP contribution in [0.3, 0.4) is 0 Å². The van der Waals surface area contributed by atoms with Crippen LogP contribution in [0, 0.1) is 17.0 Å². The number of aromatic nitrogens is 4. The van der Waals surface area contributed by atoms with Crippen molar-refractivity contribution in [3.8, 4) is 0 Å². The smallest absolute Gasteiger partial charge is 0.322 e. The highest BCUT2D eigenvalue weighted by molar-refractivity contribution is 5.97. The van der Waals surface area contributed by atoms with Crippen molar-refractivity contribution in [2.75, 3.05) is 0 Å². The quantitative estimate of drug-likeness (QED) is 0.401. The second-order valence-electron chi connectivity index (χ2n) is 6.64. The molecule has 2 heterocycles. The third kappa shape index (κ3) is 3.22. The number of amides is 1. The summed E-state index contributed by atoms with van der Waals surface area (Å²) in [6.45, 7) is 1.50. The molecule has 0 bridgehead atoms. The molecule has 0 fully saturated rings. The summed E-state index contributed by atoms with van der Waals surface area (Å²) in [5.41, 5.74) is 2.14. The van der Waals surface area contributed by atoms with Crippen LogP contribution in [0.25, 0.3) is 11.0 Å². The Hall–Kier alpha value is -4.01. The summed E-state index contributed by atoms with van der Waals surface area (Å²) < 4.78 is 1.90. The number of carbonyl (C=O) groups excluding carboxylic acids is 1. The van der Waals surface area contributed by atoms with Crippen LogP contribution in [0.1, 0.15) is 33.6 Å². The van der Waals surface area contributed by atoms with Crippen LogP contribution in [0.15, 0.2) is 54.6 Å². The maximum atomic E-state index is 12.9. The summed E-state index contributed by atoms with van der Waals surface area (Å²) in [5.74, 6) is -0.0392. The van der Waals surface area contributed by atoms with E-state index >= 15 is 0 Å². The average molecular weight is 390 g/mol. The molecular formula is C20H18N6O3. The number of hydrogen-bond donors (Lipinski definition) is 2. The minimum absolute atomic E-state index is 0.221. The van der Waals surface area contributed by atoms with Crippen molar-refractivity contribution in [2.45, 2.75) is 13.0 Å². The standard InChI is InChI=1S/C20H18N6O3/c1-12-18(26(28)29)17(24-23-12)20(27)22-16(13-8-4-3-5-9-13)19-21-14-10-6-7-11-15(14)25(19)2/h3-11,16H,1-2H3,(H,22,27)(H,23,24). The van der Waals surface area contributed by atoms with Gasteiger partial charge in [-0.05, 0) is 24.6 Å². The fourth-order valence-corrected chi connectivity index (χ4v) is 3.37. The fraction of sp³-hybridized carbons (Fsp3) is 0.150. The molecule has 9 heteroatoms. The maximum absolute atomic E-state index is 12.9. The van der Waals surface area contributed by atoms with Crippen LogP contribution in [0.5, 0.6) is 0 Å². The highest BCUT2D eigenvalue weighted by atomic mass is 16.6. The van der Waals surface area contributed by atoms with Crippen molar-refractivity contribution in [1.29, 1.82) is 0 Å². The van der Waals surface area contributed by atoms with Gasteiger partial charge in [-0.3, -0.25) is 20.0 Å². The number of H-pyrrole nitrogens is 1. The largest absolute Gasteiger partial charge is 0.336 e. The number of benzene rings is 2. The van der Waals surface area contributed by atoms with Gasteiger partial charge in [-0.25, -0.2) is 4.98 Å². The molecule has 0 aliphatic heterocycles. The Kier molecular flexibility index (Phi) is 4.55. The Morgan fingerprint density at radius 3 is 2.55 bits per heavy atom. The minimum Gasteiger partial charge on any atom is -0.336 e. The summed E-state index contributed by atoms with van der Waals surface area (Å²) in [7, 11) is 1.87. The van der Waals surface area contributed by atoms with Gasteiger partial charge in [-0.1, -0.05) is 42.5 Å². The molecule has 146 valence electrons. The lowest BCUT2D eigenvalue weighted by molar-refractivity contribution is -0.385. The Morgan fingerprint density at radius 2 is 1.86 bits per heavy atom. The number of rotatable bonds is 5. The lowest BCUT2D eigenvalue weighted by Crippen LogP contribution is -2.31. The molecule has 1 atom stereocenters. The number of nitrogens with zero attached hydrogens (tertiary/aromatic N) is 4. The van der Waals surface area contributed by atoms with E-state index in [4.69, 9.17) is 0 Å². The number of carbonyl (C=O) groups is 1. The molecule has 0 spiro atoms. The second-order valence-corrected chi connectivity index (χ2v) is 6.64. The summed E-state index contributed by atoms with van der Waals surface area (Å²) in [4.78, 5) is 28.4. The number of aromatic amines is 1. The SMILES string of the molecule is Cc1[nH]nc(C(=O)NC(c2ccccc2)c2nc3ccccc3n2C)c1[N+](=O)[O-]. The van der Waals surface area contributed by atoms with Crippen molar-refractivity contribution >= 4 is 22.6 Å². The first-order valence-electron chi connectivity index (χ1n) is 8.94. The molecule has 1 amide bonds. The third-order valence-electron chi connectivity index (χ3n) is 4.80. The summed E-state index contributed by atoms with van der Waals surface area (Å²) in [6.07, 6.45) is 0. The normalized spacial score (nSPS) is 12.1. The molecule has 4 aromatic rings. The lowest BCUT2D eigenvalue weighted by Gasteiger charge is -2.18. The fourth-order valence-electron chi connectivity index (χ4n) is 3.37. The van der Waals surface area contributed by atoms with Gasteiger partial charge in [0.2, 0.25) is 5.69 Å². The van der Waals surface area contributed by atoms with Crippen LogP contribution in [0.2, 0.25) is 0 Å². The second kappa shape index (κ2) is 7.19. The van der Waals surface area contributed by atoms with Gasteiger partial charge >= 0.3 is 5.69 Å². The molecule has 0 radical (unpaired) electrons. The predicted octanol–water partition coefficient (Wildman–Crippen LogP) is 3.03. The number of imidazole rings is 1. The molecule has 9 nitrogen and oxygen atoms in total. The lowest BCUT2D eigenvalue weighted by atomic mass is 10.1. The molecule has 0 saturated heterocycles. The Morgan fingerprint density at radius 1 is 1.17 bits per heavy atom. The van der Waals surface area contributed by atoms with Gasteiger partial charge in [0.25, 0.3) is 5.91 Å². The van der Waals surface area contributed by atoms with Crippen molar-refractivity contribution in [3.05, 3.63) is 87.5 Å². The molecule has 0 saturated carbocycles. The molecule has 1 unspecified atom stereocenters. The van der Waals surface area contributed by atoms with Gasteiger partial charge in [0, 0.05) is 7.05 Å². The number of nitro groups is 1. The van der Waals surface area contributed by atoms with Crippen molar-refractivity contribution < 1.29 is 9.72 Å².